The normalized spacial score (nSPS) is 14.8. The zero-order valence-corrected chi connectivity index (χ0v) is 38.1. The molecular formula is C50H68F2N4S2. The lowest BCUT2D eigenvalue weighted by Gasteiger charge is -2.35. The Morgan fingerprint density at radius 1 is 0.414 bits per heavy atom. The standard InChI is InChI=1S/C50H68F2N4S2/c1-7-11-15-19-23-27-49(28-24-20-16-12-8-2)35-31-33(5)45-47(55-57-53-45)37(35)39-41(49)43(51)40-38-36(32-34(6)46-48(38)56-58-54-46)50(42(40)44(39)52,29-25-21-17-13-9-3)30-26-22-18-14-10-4/h31-32H,7-30H2,1-6H3. The number of unbranched alkanes of at least 4 members (excludes halogenated alkanes) is 16. The number of rotatable bonds is 24. The molecule has 314 valence electrons. The number of aromatic nitrogens is 4. The predicted molar refractivity (Wildman–Crippen MR) is 244 cm³/mol. The molecule has 2 aliphatic rings. The molecule has 3 aromatic carbocycles. The lowest BCUT2D eigenvalue weighted by Crippen LogP contribution is -2.29. The molecule has 0 aliphatic heterocycles. The van der Waals surface area contributed by atoms with Crippen LogP contribution in [0.4, 0.5) is 8.78 Å². The van der Waals surface area contributed by atoms with E-state index in [4.69, 9.17) is 17.5 Å². The number of hydrogen-bond acceptors (Lipinski definition) is 6. The second-order valence-corrected chi connectivity index (χ2v) is 19.2. The van der Waals surface area contributed by atoms with Gasteiger partial charge in [0.25, 0.3) is 0 Å². The molecule has 5 aromatic rings. The first-order chi connectivity index (χ1) is 28.3. The first-order valence-corrected chi connectivity index (χ1v) is 24.9. The highest BCUT2D eigenvalue weighted by atomic mass is 32.1. The van der Waals surface area contributed by atoms with E-state index < -0.39 is 10.8 Å². The molecule has 7 rings (SSSR count). The van der Waals surface area contributed by atoms with Gasteiger partial charge in [-0.05, 0) is 61.8 Å². The maximum Gasteiger partial charge on any atom is 0.136 e. The van der Waals surface area contributed by atoms with Gasteiger partial charge in [-0.25, -0.2) is 8.78 Å². The average Bonchev–Trinajstić information content (AvgIpc) is 4.01. The van der Waals surface area contributed by atoms with Gasteiger partial charge in [-0.2, -0.15) is 17.5 Å². The minimum absolute atomic E-state index is 0.211. The number of halogens is 2. The average molecular weight is 827 g/mol. The van der Waals surface area contributed by atoms with Crippen molar-refractivity contribution < 1.29 is 8.78 Å². The maximum absolute atomic E-state index is 19.1. The first kappa shape index (κ1) is 43.3. The molecule has 0 unspecified atom stereocenters. The summed E-state index contributed by atoms with van der Waals surface area (Å²) in [5.74, 6) is -0.422. The molecule has 0 N–H and O–H groups in total. The number of benzene rings is 3. The van der Waals surface area contributed by atoms with Crippen molar-refractivity contribution in [2.45, 2.75) is 206 Å². The number of nitrogens with zero attached hydrogens (tertiary/aromatic N) is 4. The van der Waals surface area contributed by atoms with Crippen molar-refractivity contribution in [1.29, 1.82) is 0 Å². The van der Waals surface area contributed by atoms with Crippen molar-refractivity contribution in [3.05, 3.63) is 57.1 Å². The second kappa shape index (κ2) is 19.3. The lowest BCUT2D eigenvalue weighted by atomic mass is 9.68. The molecule has 0 saturated heterocycles. The third kappa shape index (κ3) is 7.69. The molecule has 0 amide bonds. The molecule has 4 nitrogen and oxygen atoms in total. The van der Waals surface area contributed by atoms with Crippen molar-refractivity contribution >= 4 is 45.5 Å². The minimum atomic E-state index is -0.651. The van der Waals surface area contributed by atoms with E-state index in [2.05, 4.69) is 53.7 Å². The van der Waals surface area contributed by atoms with Crippen LogP contribution >= 0.6 is 23.5 Å². The van der Waals surface area contributed by atoms with Gasteiger partial charge in [-0.1, -0.05) is 168 Å². The zero-order valence-electron chi connectivity index (χ0n) is 36.5. The van der Waals surface area contributed by atoms with E-state index in [0.717, 1.165) is 132 Å². The van der Waals surface area contributed by atoms with Gasteiger partial charge in [0.05, 0.1) is 23.5 Å². The van der Waals surface area contributed by atoms with Crippen molar-refractivity contribution in [1.82, 2.24) is 17.5 Å². The molecule has 0 fully saturated rings. The Labute approximate surface area is 356 Å². The fourth-order valence-electron chi connectivity index (χ4n) is 11.2. The van der Waals surface area contributed by atoms with Gasteiger partial charge >= 0.3 is 0 Å². The molecular weight excluding hydrogens is 759 g/mol. The van der Waals surface area contributed by atoms with Gasteiger partial charge in [0.15, 0.2) is 0 Å². The Bertz CT molecular complexity index is 2000. The largest absolute Gasteiger partial charge is 0.206 e. The van der Waals surface area contributed by atoms with Crippen LogP contribution < -0.4 is 0 Å². The topological polar surface area (TPSA) is 51.6 Å². The Morgan fingerprint density at radius 2 is 0.707 bits per heavy atom. The van der Waals surface area contributed by atoms with E-state index in [0.29, 0.717) is 22.3 Å². The van der Waals surface area contributed by atoms with Crippen LogP contribution in [0.2, 0.25) is 0 Å². The van der Waals surface area contributed by atoms with E-state index >= 15 is 8.78 Å². The van der Waals surface area contributed by atoms with E-state index in [-0.39, 0.29) is 11.6 Å². The van der Waals surface area contributed by atoms with Crippen molar-refractivity contribution in [2.75, 3.05) is 0 Å². The van der Waals surface area contributed by atoms with Gasteiger partial charge in [-0.15, -0.1) is 0 Å². The van der Waals surface area contributed by atoms with Gasteiger partial charge < -0.3 is 0 Å². The summed E-state index contributed by atoms with van der Waals surface area (Å²) in [4.78, 5) is 0. The molecule has 0 saturated carbocycles. The lowest BCUT2D eigenvalue weighted by molar-refractivity contribution is 0.375. The van der Waals surface area contributed by atoms with Crippen LogP contribution in [0.5, 0.6) is 0 Å². The van der Waals surface area contributed by atoms with E-state index in [1.165, 1.54) is 101 Å². The van der Waals surface area contributed by atoms with Gasteiger partial charge in [0, 0.05) is 44.2 Å². The summed E-state index contributed by atoms with van der Waals surface area (Å²) < 4.78 is 57.6. The molecule has 2 aliphatic carbocycles. The van der Waals surface area contributed by atoms with E-state index in [1.807, 2.05) is 0 Å². The molecule has 2 heterocycles. The number of fused-ring (bicyclic) bond motifs is 10. The molecule has 0 atom stereocenters. The summed E-state index contributed by atoms with van der Waals surface area (Å²) in [6.07, 6.45) is 25.7. The molecule has 2 aromatic heterocycles. The van der Waals surface area contributed by atoms with Crippen molar-refractivity contribution in [3.8, 4) is 22.3 Å². The van der Waals surface area contributed by atoms with Gasteiger partial charge in [0.2, 0.25) is 0 Å². The van der Waals surface area contributed by atoms with E-state index in [9.17, 15) is 0 Å². The number of aryl methyl sites for hydroxylation is 2. The highest BCUT2D eigenvalue weighted by Gasteiger charge is 2.54. The highest BCUT2D eigenvalue weighted by Crippen LogP contribution is 2.65. The Kier molecular flexibility index (Phi) is 14.4. The molecule has 0 spiro atoms. The predicted octanol–water partition coefficient (Wildman–Crippen LogP) is 16.6. The monoisotopic (exact) mass is 826 g/mol. The summed E-state index contributed by atoms with van der Waals surface area (Å²) in [7, 11) is 0. The zero-order chi connectivity index (χ0) is 40.9. The summed E-state index contributed by atoms with van der Waals surface area (Å²) in [6.45, 7) is 13.2. The highest BCUT2D eigenvalue weighted by molar-refractivity contribution is 7.00. The van der Waals surface area contributed by atoms with Gasteiger partial charge in [0.1, 0.15) is 33.7 Å². The van der Waals surface area contributed by atoms with Crippen LogP contribution in [-0.4, -0.2) is 17.5 Å². The smallest absolute Gasteiger partial charge is 0.136 e. The Morgan fingerprint density at radius 3 is 1.02 bits per heavy atom. The molecule has 8 heteroatoms. The SMILES string of the molecule is CCCCCCCC1(CCCCCCC)c2cc(C)c3nsnc3c2-c2c(F)c3c(c(F)c21)-c1c(cc(C)c2nsnc12)C3(CCCCCCC)CCCCCCC. The summed E-state index contributed by atoms with van der Waals surface area (Å²) in [6, 6.07) is 4.52. The third-order valence-corrected chi connectivity index (χ3v) is 15.2. The molecule has 0 radical (unpaired) electrons. The van der Waals surface area contributed by atoms with Crippen molar-refractivity contribution in [2.24, 2.45) is 0 Å². The molecule has 58 heavy (non-hydrogen) atoms. The molecule has 0 bridgehead atoms. The van der Waals surface area contributed by atoms with Gasteiger partial charge in [-0.3, -0.25) is 0 Å². The third-order valence-electron chi connectivity index (χ3n) is 14.2. The summed E-state index contributed by atoms with van der Waals surface area (Å²) in [5.41, 5.74) is 9.92. The Hall–Kier alpha value is -2.84. The second-order valence-electron chi connectivity index (χ2n) is 18.1. The number of hydrogen-bond donors (Lipinski definition) is 0. The first-order valence-electron chi connectivity index (χ1n) is 23.4. The Balaban J connectivity index is 1.53. The van der Waals surface area contributed by atoms with Crippen LogP contribution in [0.25, 0.3) is 44.3 Å². The summed E-state index contributed by atoms with van der Waals surface area (Å²) in [5, 5.41) is 0. The minimum Gasteiger partial charge on any atom is -0.206 e. The van der Waals surface area contributed by atoms with Crippen LogP contribution in [-0.2, 0) is 10.8 Å². The fraction of sp³-hybridized carbons (Fsp3) is 0.640. The van der Waals surface area contributed by atoms with Crippen LogP contribution in [0.3, 0.4) is 0 Å². The van der Waals surface area contributed by atoms with Crippen LogP contribution in [0.1, 0.15) is 215 Å². The van der Waals surface area contributed by atoms with Crippen molar-refractivity contribution in [3.63, 3.8) is 0 Å². The van der Waals surface area contributed by atoms with Crippen LogP contribution in [0.15, 0.2) is 12.1 Å². The fourth-order valence-corrected chi connectivity index (χ4v) is 12.4. The quantitative estimate of drug-likeness (QED) is 0.0582. The maximum atomic E-state index is 19.1. The van der Waals surface area contributed by atoms with Crippen LogP contribution in [0, 0.1) is 25.5 Å². The van der Waals surface area contributed by atoms with E-state index in [1.54, 1.807) is 0 Å². The summed E-state index contributed by atoms with van der Waals surface area (Å²) >= 11 is 2.39.